The van der Waals surface area contributed by atoms with Gasteiger partial charge in [-0.2, -0.15) is 0 Å². The second-order valence-corrected chi connectivity index (χ2v) is 4.41. The quantitative estimate of drug-likeness (QED) is 0.473. The van der Waals surface area contributed by atoms with Crippen molar-refractivity contribution >= 4 is 11.8 Å². The zero-order chi connectivity index (χ0) is 15.4. The summed E-state index contributed by atoms with van der Waals surface area (Å²) in [6.07, 6.45) is 0. The predicted octanol–water partition coefficient (Wildman–Crippen LogP) is 1.66. The van der Waals surface area contributed by atoms with E-state index in [-0.39, 0.29) is 11.8 Å². The van der Waals surface area contributed by atoms with Crippen LogP contribution in [0, 0.1) is 10.8 Å². The van der Waals surface area contributed by atoms with Crippen LogP contribution >= 0.6 is 0 Å². The SMILES string of the molecule is CCN(CC)CCOC(=N)C(=N)OCCN(CC)CC. The van der Waals surface area contributed by atoms with Crippen LogP contribution in [0.1, 0.15) is 27.7 Å². The molecule has 0 fully saturated rings. The smallest absolute Gasteiger partial charge is 0.269 e. The molecule has 6 heteroatoms. The van der Waals surface area contributed by atoms with E-state index in [1.807, 2.05) is 0 Å². The Morgan fingerprint density at radius 2 is 1.00 bits per heavy atom. The van der Waals surface area contributed by atoms with Gasteiger partial charge < -0.3 is 19.3 Å². The summed E-state index contributed by atoms with van der Waals surface area (Å²) in [7, 11) is 0. The van der Waals surface area contributed by atoms with E-state index in [9.17, 15) is 0 Å². The maximum absolute atomic E-state index is 7.62. The van der Waals surface area contributed by atoms with Crippen molar-refractivity contribution in [3.8, 4) is 0 Å². The predicted molar refractivity (Wildman–Crippen MR) is 82.9 cm³/mol. The van der Waals surface area contributed by atoms with Gasteiger partial charge in [-0.05, 0) is 26.2 Å². The first-order valence-corrected chi connectivity index (χ1v) is 7.46. The lowest BCUT2D eigenvalue weighted by molar-refractivity contribution is 0.199. The Labute approximate surface area is 123 Å². The summed E-state index contributed by atoms with van der Waals surface area (Å²) in [5.74, 6) is -0.367. The average molecular weight is 286 g/mol. The number of hydrogen-bond acceptors (Lipinski definition) is 6. The van der Waals surface area contributed by atoms with Crippen molar-refractivity contribution in [2.75, 3.05) is 52.5 Å². The van der Waals surface area contributed by atoms with Crippen molar-refractivity contribution in [2.24, 2.45) is 0 Å². The Balaban J connectivity index is 3.79. The molecule has 0 amide bonds. The standard InChI is InChI=1S/C14H30N4O2/c1-5-17(6-2)9-11-19-13(15)14(16)20-12-10-18(7-3)8-4/h15-16H,5-12H2,1-4H3. The molecule has 0 saturated carbocycles. The van der Waals surface area contributed by atoms with Crippen LogP contribution in [0.15, 0.2) is 0 Å². The summed E-state index contributed by atoms with van der Waals surface area (Å²) in [5.41, 5.74) is 0. The molecule has 118 valence electrons. The molecule has 2 N–H and O–H groups in total. The van der Waals surface area contributed by atoms with Gasteiger partial charge in [-0.1, -0.05) is 27.7 Å². The third kappa shape index (κ3) is 8.12. The molecule has 0 saturated heterocycles. The summed E-state index contributed by atoms with van der Waals surface area (Å²) < 4.78 is 10.5. The molecule has 0 radical (unpaired) electrons. The van der Waals surface area contributed by atoms with E-state index in [2.05, 4.69) is 37.5 Å². The number of likely N-dealkylation sites (N-methyl/N-ethyl adjacent to an activating group) is 2. The van der Waals surface area contributed by atoms with Gasteiger partial charge in [-0.25, -0.2) is 0 Å². The van der Waals surface area contributed by atoms with Crippen LogP contribution in [0.25, 0.3) is 0 Å². The first-order valence-electron chi connectivity index (χ1n) is 7.46. The molecule has 0 spiro atoms. The number of ether oxygens (including phenoxy) is 2. The third-order valence-electron chi connectivity index (χ3n) is 3.30. The molecular weight excluding hydrogens is 256 g/mol. The molecule has 0 atom stereocenters. The largest absolute Gasteiger partial charge is 0.473 e. The van der Waals surface area contributed by atoms with Gasteiger partial charge in [-0.3, -0.25) is 10.8 Å². The average Bonchev–Trinajstić information content (AvgIpc) is 2.47. The normalized spacial score (nSPS) is 10.9. The summed E-state index contributed by atoms with van der Waals surface area (Å²) in [4.78, 5) is 4.41. The first-order chi connectivity index (χ1) is 9.58. The van der Waals surface area contributed by atoms with E-state index in [1.165, 1.54) is 0 Å². The highest BCUT2D eigenvalue weighted by Crippen LogP contribution is 1.92. The van der Waals surface area contributed by atoms with Gasteiger partial charge in [0.15, 0.2) is 0 Å². The molecule has 20 heavy (non-hydrogen) atoms. The van der Waals surface area contributed by atoms with E-state index >= 15 is 0 Å². The molecule has 0 aromatic heterocycles. The summed E-state index contributed by atoms with van der Waals surface area (Å²) >= 11 is 0. The van der Waals surface area contributed by atoms with Crippen LogP contribution in [-0.4, -0.2) is 74.1 Å². The Bertz CT molecular complexity index is 248. The number of nitrogens with one attached hydrogen (secondary N) is 2. The molecule has 6 nitrogen and oxygen atoms in total. The lowest BCUT2D eigenvalue weighted by atomic mass is 10.5. The minimum absolute atomic E-state index is 0.184. The summed E-state index contributed by atoms with van der Waals surface area (Å²) in [6.45, 7) is 14.6. The van der Waals surface area contributed by atoms with E-state index in [4.69, 9.17) is 20.3 Å². The fraction of sp³-hybridized carbons (Fsp3) is 0.857. The molecule has 0 bridgehead atoms. The first kappa shape index (κ1) is 18.9. The van der Waals surface area contributed by atoms with Gasteiger partial charge in [-0.15, -0.1) is 0 Å². The molecule has 0 aliphatic rings. The second-order valence-electron chi connectivity index (χ2n) is 4.41. The topological polar surface area (TPSA) is 72.6 Å². The second kappa shape index (κ2) is 11.7. The molecule has 0 heterocycles. The van der Waals surface area contributed by atoms with Gasteiger partial charge >= 0.3 is 0 Å². The Morgan fingerprint density at radius 1 is 0.700 bits per heavy atom. The van der Waals surface area contributed by atoms with Gasteiger partial charge in [0, 0.05) is 13.1 Å². The Kier molecular flexibility index (Phi) is 11.0. The van der Waals surface area contributed by atoms with Crippen molar-refractivity contribution in [1.82, 2.24) is 9.80 Å². The van der Waals surface area contributed by atoms with E-state index in [0.717, 1.165) is 39.3 Å². The van der Waals surface area contributed by atoms with Gasteiger partial charge in [0.2, 0.25) is 0 Å². The molecule has 0 rings (SSSR count). The molecular formula is C14H30N4O2. The summed E-state index contributed by atoms with van der Waals surface area (Å²) in [6, 6.07) is 0. The zero-order valence-electron chi connectivity index (χ0n) is 13.4. The minimum atomic E-state index is -0.184. The van der Waals surface area contributed by atoms with E-state index < -0.39 is 0 Å². The molecule has 0 aliphatic heterocycles. The van der Waals surface area contributed by atoms with Crippen LogP contribution in [0.2, 0.25) is 0 Å². The van der Waals surface area contributed by atoms with Crippen molar-refractivity contribution in [3.63, 3.8) is 0 Å². The number of rotatable bonds is 10. The van der Waals surface area contributed by atoms with Crippen molar-refractivity contribution < 1.29 is 9.47 Å². The van der Waals surface area contributed by atoms with E-state index in [1.54, 1.807) is 0 Å². The van der Waals surface area contributed by atoms with Gasteiger partial charge in [0.1, 0.15) is 13.2 Å². The summed E-state index contributed by atoms with van der Waals surface area (Å²) in [5, 5.41) is 15.2. The zero-order valence-corrected chi connectivity index (χ0v) is 13.4. The highest BCUT2D eigenvalue weighted by Gasteiger charge is 2.09. The molecule has 0 aliphatic carbocycles. The van der Waals surface area contributed by atoms with Crippen LogP contribution in [0.3, 0.4) is 0 Å². The van der Waals surface area contributed by atoms with Crippen molar-refractivity contribution in [1.29, 1.82) is 10.8 Å². The van der Waals surface area contributed by atoms with Crippen LogP contribution in [0.4, 0.5) is 0 Å². The lowest BCUT2D eigenvalue weighted by Gasteiger charge is -2.19. The lowest BCUT2D eigenvalue weighted by Crippen LogP contribution is -2.31. The Morgan fingerprint density at radius 3 is 1.25 bits per heavy atom. The van der Waals surface area contributed by atoms with Crippen molar-refractivity contribution in [3.05, 3.63) is 0 Å². The third-order valence-corrected chi connectivity index (χ3v) is 3.30. The maximum atomic E-state index is 7.62. The fourth-order valence-corrected chi connectivity index (χ4v) is 1.76. The highest BCUT2D eigenvalue weighted by molar-refractivity contribution is 6.32. The number of hydrogen-bond donors (Lipinski definition) is 2. The van der Waals surface area contributed by atoms with Crippen molar-refractivity contribution in [2.45, 2.75) is 27.7 Å². The highest BCUT2D eigenvalue weighted by atomic mass is 16.5. The van der Waals surface area contributed by atoms with Gasteiger partial charge in [0.05, 0.1) is 0 Å². The maximum Gasteiger partial charge on any atom is 0.269 e. The van der Waals surface area contributed by atoms with Crippen LogP contribution in [0.5, 0.6) is 0 Å². The van der Waals surface area contributed by atoms with Crippen LogP contribution in [-0.2, 0) is 9.47 Å². The fourth-order valence-electron chi connectivity index (χ4n) is 1.76. The van der Waals surface area contributed by atoms with Crippen LogP contribution < -0.4 is 0 Å². The Hall–Kier alpha value is -1.14. The monoisotopic (exact) mass is 286 g/mol. The van der Waals surface area contributed by atoms with Gasteiger partial charge in [0.25, 0.3) is 11.8 Å². The molecule has 0 aromatic rings. The number of nitrogens with zero attached hydrogens (tertiary/aromatic N) is 2. The molecule has 0 aromatic carbocycles. The minimum Gasteiger partial charge on any atom is -0.473 e. The molecule has 0 unspecified atom stereocenters. The van der Waals surface area contributed by atoms with E-state index in [0.29, 0.717) is 13.2 Å².